The average molecular weight is 436 g/mol. The van der Waals surface area contributed by atoms with Crippen LogP contribution in [0.25, 0.3) is 10.9 Å². The number of nitrogens with zero attached hydrogens (tertiary/aromatic N) is 2. The van der Waals surface area contributed by atoms with Gasteiger partial charge in [0, 0.05) is 11.1 Å². The van der Waals surface area contributed by atoms with Gasteiger partial charge in [0.2, 0.25) is 0 Å². The lowest BCUT2D eigenvalue weighted by Crippen LogP contribution is -2.11. The lowest BCUT2D eigenvalue weighted by atomic mass is 10.1. The minimum Gasteiger partial charge on any atom is -0.466 e. The van der Waals surface area contributed by atoms with Gasteiger partial charge in [-0.3, -0.25) is 14.7 Å². The number of aromatic amines is 1. The van der Waals surface area contributed by atoms with E-state index in [2.05, 4.69) is 25.8 Å². The second-order valence-corrected chi connectivity index (χ2v) is 7.91. The number of ether oxygens (including phenoxy) is 1. The van der Waals surface area contributed by atoms with Crippen molar-refractivity contribution in [1.29, 1.82) is 0 Å². The van der Waals surface area contributed by atoms with E-state index in [-0.39, 0.29) is 18.3 Å². The number of aromatic nitrogens is 3. The lowest BCUT2D eigenvalue weighted by molar-refractivity contribution is -0.142. The first kappa shape index (κ1) is 20.5. The number of anilines is 3. The summed E-state index contributed by atoms with van der Waals surface area (Å²) in [6, 6.07) is 11.3. The molecule has 0 aliphatic carbocycles. The summed E-state index contributed by atoms with van der Waals surface area (Å²) in [5.74, 6) is -0.479. The van der Waals surface area contributed by atoms with Crippen LogP contribution in [-0.4, -0.2) is 33.7 Å². The van der Waals surface area contributed by atoms with Crippen molar-refractivity contribution < 1.29 is 14.3 Å². The Labute approximate surface area is 182 Å². The summed E-state index contributed by atoms with van der Waals surface area (Å²) in [7, 11) is 0. The summed E-state index contributed by atoms with van der Waals surface area (Å²) in [6.45, 7) is 4.09. The fourth-order valence-electron chi connectivity index (χ4n) is 3.11. The highest BCUT2D eigenvalue weighted by Gasteiger charge is 2.15. The number of rotatable bonds is 7. The van der Waals surface area contributed by atoms with Crippen molar-refractivity contribution in [3.63, 3.8) is 0 Å². The Balaban J connectivity index is 1.42. The summed E-state index contributed by atoms with van der Waals surface area (Å²) in [6.07, 6.45) is 3.48. The van der Waals surface area contributed by atoms with Gasteiger partial charge >= 0.3 is 5.97 Å². The second-order valence-electron chi connectivity index (χ2n) is 6.88. The van der Waals surface area contributed by atoms with E-state index in [1.165, 1.54) is 11.3 Å². The standard InChI is InChI=1S/C22H21N5O3S/c1-3-30-19(28)10-14-5-7-15(8-6-14)25-22-23-12-18(31-22)21(29)26-20-13(2)4-9-17-16(20)11-24-27-17/h4-9,11-12H,3,10H2,1-2H3,(H,23,25)(H,24,27)(H,26,29). The molecule has 9 heteroatoms. The summed E-state index contributed by atoms with van der Waals surface area (Å²) < 4.78 is 4.96. The Morgan fingerprint density at radius 1 is 1.13 bits per heavy atom. The Morgan fingerprint density at radius 2 is 1.94 bits per heavy atom. The molecule has 31 heavy (non-hydrogen) atoms. The number of thiazole rings is 1. The maximum Gasteiger partial charge on any atom is 0.310 e. The number of esters is 1. The van der Waals surface area contributed by atoms with Gasteiger partial charge in [-0.25, -0.2) is 4.98 Å². The van der Waals surface area contributed by atoms with E-state index in [4.69, 9.17) is 4.74 Å². The number of aryl methyl sites for hydroxylation is 1. The summed E-state index contributed by atoms with van der Waals surface area (Å²) >= 11 is 1.26. The highest BCUT2D eigenvalue weighted by molar-refractivity contribution is 7.17. The molecule has 0 atom stereocenters. The molecule has 4 aromatic rings. The molecule has 0 fully saturated rings. The fraction of sp³-hybridized carbons (Fsp3) is 0.182. The smallest absolute Gasteiger partial charge is 0.310 e. The largest absolute Gasteiger partial charge is 0.466 e. The number of hydrogen-bond donors (Lipinski definition) is 3. The third-order valence-corrected chi connectivity index (χ3v) is 5.57. The molecule has 0 saturated carbocycles. The van der Waals surface area contributed by atoms with E-state index >= 15 is 0 Å². The monoisotopic (exact) mass is 435 g/mol. The zero-order chi connectivity index (χ0) is 21.8. The predicted molar refractivity (Wildman–Crippen MR) is 121 cm³/mol. The van der Waals surface area contributed by atoms with Crippen LogP contribution in [0, 0.1) is 6.92 Å². The molecule has 8 nitrogen and oxygen atoms in total. The SMILES string of the molecule is CCOC(=O)Cc1ccc(Nc2ncc(C(=O)Nc3c(C)ccc4[nH]ncc34)s2)cc1. The third kappa shape index (κ3) is 4.72. The molecule has 1 amide bonds. The number of amides is 1. The first-order chi connectivity index (χ1) is 15.0. The molecule has 158 valence electrons. The number of fused-ring (bicyclic) bond motifs is 1. The van der Waals surface area contributed by atoms with E-state index in [9.17, 15) is 9.59 Å². The quantitative estimate of drug-likeness (QED) is 0.371. The van der Waals surface area contributed by atoms with Crippen molar-refractivity contribution in [2.75, 3.05) is 17.2 Å². The summed E-state index contributed by atoms with van der Waals surface area (Å²) in [5, 5.41) is 14.6. The van der Waals surface area contributed by atoms with Gasteiger partial charge in [-0.05, 0) is 43.2 Å². The minimum atomic E-state index is -0.250. The van der Waals surface area contributed by atoms with Crippen LogP contribution in [-0.2, 0) is 16.0 Å². The van der Waals surface area contributed by atoms with E-state index in [1.54, 1.807) is 19.3 Å². The molecule has 4 rings (SSSR count). The average Bonchev–Trinajstić information content (AvgIpc) is 3.41. The fourth-order valence-corrected chi connectivity index (χ4v) is 3.84. The molecule has 2 heterocycles. The maximum atomic E-state index is 12.8. The van der Waals surface area contributed by atoms with Crippen LogP contribution < -0.4 is 10.6 Å². The molecule has 3 N–H and O–H groups in total. The van der Waals surface area contributed by atoms with Crippen molar-refractivity contribution >= 4 is 50.6 Å². The molecule has 0 unspecified atom stereocenters. The summed E-state index contributed by atoms with van der Waals surface area (Å²) in [4.78, 5) is 29.1. The predicted octanol–water partition coefficient (Wildman–Crippen LogP) is 4.43. The number of carbonyl (C=O) groups excluding carboxylic acids is 2. The van der Waals surface area contributed by atoms with E-state index < -0.39 is 0 Å². The molecular formula is C22H21N5O3S. The molecule has 0 spiro atoms. The number of hydrogen-bond acceptors (Lipinski definition) is 7. The van der Waals surface area contributed by atoms with Gasteiger partial charge < -0.3 is 15.4 Å². The molecule has 0 aliphatic rings. The Hall–Kier alpha value is -3.72. The molecule has 2 aromatic heterocycles. The zero-order valence-corrected chi connectivity index (χ0v) is 17.9. The van der Waals surface area contributed by atoms with Crippen molar-refractivity contribution in [2.24, 2.45) is 0 Å². The number of carbonyl (C=O) groups is 2. The highest BCUT2D eigenvalue weighted by atomic mass is 32.1. The molecule has 2 aromatic carbocycles. The molecule has 0 radical (unpaired) electrons. The van der Waals surface area contributed by atoms with Crippen molar-refractivity contribution in [1.82, 2.24) is 15.2 Å². The number of benzene rings is 2. The van der Waals surface area contributed by atoms with Crippen LogP contribution in [0.1, 0.15) is 27.7 Å². The second kappa shape index (κ2) is 8.97. The van der Waals surface area contributed by atoms with Gasteiger partial charge in [-0.15, -0.1) is 0 Å². The van der Waals surface area contributed by atoms with Gasteiger partial charge in [0.25, 0.3) is 5.91 Å². The van der Waals surface area contributed by atoms with Gasteiger partial charge in [0.05, 0.1) is 36.6 Å². The Kier molecular flexibility index (Phi) is 5.94. The first-order valence-electron chi connectivity index (χ1n) is 9.75. The summed E-state index contributed by atoms with van der Waals surface area (Å²) in [5.41, 5.74) is 4.23. The minimum absolute atomic E-state index is 0.230. The Bertz CT molecular complexity index is 1230. The van der Waals surface area contributed by atoms with Crippen LogP contribution in [0.3, 0.4) is 0 Å². The van der Waals surface area contributed by atoms with Crippen LogP contribution in [0.5, 0.6) is 0 Å². The highest BCUT2D eigenvalue weighted by Crippen LogP contribution is 2.28. The maximum absolute atomic E-state index is 12.8. The molecule has 0 saturated heterocycles. The van der Waals surface area contributed by atoms with Crippen molar-refractivity contribution in [3.8, 4) is 0 Å². The van der Waals surface area contributed by atoms with Gasteiger partial charge in [-0.1, -0.05) is 29.5 Å². The first-order valence-corrected chi connectivity index (χ1v) is 10.6. The van der Waals surface area contributed by atoms with Crippen molar-refractivity contribution in [3.05, 3.63) is 64.8 Å². The van der Waals surface area contributed by atoms with Crippen molar-refractivity contribution in [2.45, 2.75) is 20.3 Å². The van der Waals surface area contributed by atoms with Gasteiger partial charge in [0.15, 0.2) is 5.13 Å². The Morgan fingerprint density at radius 3 is 2.71 bits per heavy atom. The van der Waals surface area contributed by atoms with E-state index in [1.807, 2.05) is 43.3 Å². The van der Waals surface area contributed by atoms with Crippen LogP contribution in [0.2, 0.25) is 0 Å². The zero-order valence-electron chi connectivity index (χ0n) is 17.1. The van der Waals surface area contributed by atoms with Crippen LogP contribution >= 0.6 is 11.3 Å². The number of H-pyrrole nitrogens is 1. The van der Waals surface area contributed by atoms with Crippen LogP contribution in [0.15, 0.2) is 48.8 Å². The number of nitrogens with one attached hydrogen (secondary N) is 3. The molecular weight excluding hydrogens is 414 g/mol. The normalized spacial score (nSPS) is 10.8. The van der Waals surface area contributed by atoms with Gasteiger partial charge in [0.1, 0.15) is 4.88 Å². The lowest BCUT2D eigenvalue weighted by Gasteiger charge is -2.08. The van der Waals surface area contributed by atoms with Gasteiger partial charge in [-0.2, -0.15) is 5.10 Å². The van der Waals surface area contributed by atoms with Crippen LogP contribution in [0.4, 0.5) is 16.5 Å². The molecule has 0 bridgehead atoms. The third-order valence-electron chi connectivity index (χ3n) is 4.66. The molecule has 0 aliphatic heterocycles. The topological polar surface area (TPSA) is 109 Å². The van der Waals surface area contributed by atoms with E-state index in [0.717, 1.165) is 33.4 Å². The van der Waals surface area contributed by atoms with E-state index in [0.29, 0.717) is 16.6 Å².